The largest absolute Gasteiger partial charge is 0.396 e. The summed E-state index contributed by atoms with van der Waals surface area (Å²) in [6, 6.07) is 0.278. The molecule has 0 fully saturated rings. The Morgan fingerprint density at radius 1 is 1.62 bits per heavy atom. The fraction of sp³-hybridized carbons (Fsp3) is 0.800. The van der Waals surface area contributed by atoms with E-state index in [2.05, 4.69) is 11.9 Å². The molecule has 0 heterocycles. The number of hydrogen-bond acceptors (Lipinski definition) is 3. The number of allylic oxidation sites excluding steroid dienone is 1. The van der Waals surface area contributed by atoms with Crippen molar-refractivity contribution in [2.24, 2.45) is 0 Å². The van der Waals surface area contributed by atoms with Gasteiger partial charge in [-0.3, -0.25) is 0 Å². The number of nitrogens with one attached hydrogen (secondary N) is 1. The third-order valence-electron chi connectivity index (χ3n) is 1.86. The van der Waals surface area contributed by atoms with Gasteiger partial charge in [0.05, 0.1) is 6.61 Å². The molecule has 0 amide bonds. The molecule has 0 aliphatic carbocycles. The van der Waals surface area contributed by atoms with E-state index in [-0.39, 0.29) is 12.6 Å². The smallest absolute Gasteiger partial charge is 0.0616 e. The highest BCUT2D eigenvalue weighted by Crippen LogP contribution is 1.93. The van der Waals surface area contributed by atoms with E-state index >= 15 is 0 Å². The van der Waals surface area contributed by atoms with E-state index in [1.54, 1.807) is 7.11 Å². The highest BCUT2D eigenvalue weighted by atomic mass is 16.5. The van der Waals surface area contributed by atoms with E-state index in [1.807, 2.05) is 6.08 Å². The number of aliphatic hydroxyl groups excluding tert-OH is 1. The van der Waals surface area contributed by atoms with E-state index in [1.165, 1.54) is 0 Å². The van der Waals surface area contributed by atoms with Gasteiger partial charge in [-0.1, -0.05) is 6.08 Å². The third-order valence-corrected chi connectivity index (χ3v) is 1.86. The van der Waals surface area contributed by atoms with E-state index in [4.69, 9.17) is 9.84 Å². The number of hydrogen-bond donors (Lipinski definition) is 2. The van der Waals surface area contributed by atoms with Gasteiger partial charge in [0.15, 0.2) is 0 Å². The van der Waals surface area contributed by atoms with E-state index in [9.17, 15) is 0 Å². The monoisotopic (exact) mass is 187 g/mol. The van der Waals surface area contributed by atoms with Gasteiger partial charge in [0.2, 0.25) is 0 Å². The molecule has 3 nitrogen and oxygen atoms in total. The summed E-state index contributed by atoms with van der Waals surface area (Å²) in [5.41, 5.74) is 0. The average molecular weight is 187 g/mol. The zero-order valence-electron chi connectivity index (χ0n) is 8.46. The van der Waals surface area contributed by atoms with Crippen LogP contribution >= 0.6 is 0 Å². The fourth-order valence-electron chi connectivity index (χ4n) is 1.15. The van der Waals surface area contributed by atoms with Crippen LogP contribution in [0.15, 0.2) is 12.7 Å². The van der Waals surface area contributed by atoms with Crippen molar-refractivity contribution in [1.29, 1.82) is 0 Å². The maximum Gasteiger partial charge on any atom is 0.0616 e. The minimum absolute atomic E-state index is 0.211. The number of rotatable bonds is 9. The molecule has 0 radical (unpaired) electrons. The van der Waals surface area contributed by atoms with Crippen LogP contribution in [0.1, 0.15) is 19.3 Å². The van der Waals surface area contributed by atoms with Gasteiger partial charge in [-0.25, -0.2) is 0 Å². The van der Waals surface area contributed by atoms with Crippen LogP contribution in [0.5, 0.6) is 0 Å². The number of methoxy groups -OCH3 is 1. The molecular formula is C10H21NO2. The summed E-state index contributed by atoms with van der Waals surface area (Å²) in [7, 11) is 1.68. The first-order valence-electron chi connectivity index (χ1n) is 4.79. The molecule has 0 aliphatic rings. The molecular weight excluding hydrogens is 166 g/mol. The van der Waals surface area contributed by atoms with Crippen molar-refractivity contribution in [2.75, 3.05) is 26.9 Å². The van der Waals surface area contributed by atoms with E-state index < -0.39 is 0 Å². The molecule has 0 aromatic rings. The topological polar surface area (TPSA) is 41.5 Å². The summed E-state index contributed by atoms with van der Waals surface area (Å²) in [6.45, 7) is 5.49. The van der Waals surface area contributed by atoms with Crippen LogP contribution in [0, 0.1) is 0 Å². The Hall–Kier alpha value is -0.380. The number of ether oxygens (including phenoxy) is 1. The molecule has 0 aromatic carbocycles. The van der Waals surface area contributed by atoms with Crippen molar-refractivity contribution >= 4 is 0 Å². The first-order chi connectivity index (χ1) is 6.35. The van der Waals surface area contributed by atoms with Crippen LogP contribution in [-0.2, 0) is 4.74 Å². The normalized spacial score (nSPS) is 12.8. The summed E-state index contributed by atoms with van der Waals surface area (Å²) < 4.78 is 5.02. The Labute approximate surface area is 80.8 Å². The quantitative estimate of drug-likeness (QED) is 0.417. The maximum atomic E-state index is 8.75. The molecule has 0 saturated carbocycles. The van der Waals surface area contributed by atoms with Crippen molar-refractivity contribution in [2.45, 2.75) is 25.3 Å². The van der Waals surface area contributed by atoms with Gasteiger partial charge in [-0.15, -0.1) is 6.58 Å². The van der Waals surface area contributed by atoms with Crippen LogP contribution < -0.4 is 5.32 Å². The van der Waals surface area contributed by atoms with Crippen molar-refractivity contribution in [1.82, 2.24) is 5.32 Å². The Morgan fingerprint density at radius 2 is 2.38 bits per heavy atom. The Kier molecular flexibility index (Phi) is 9.42. The second-order valence-corrected chi connectivity index (χ2v) is 3.05. The van der Waals surface area contributed by atoms with Gasteiger partial charge < -0.3 is 15.2 Å². The second kappa shape index (κ2) is 9.71. The lowest BCUT2D eigenvalue weighted by atomic mass is 10.2. The van der Waals surface area contributed by atoms with Crippen molar-refractivity contribution in [3.8, 4) is 0 Å². The fourth-order valence-corrected chi connectivity index (χ4v) is 1.15. The summed E-state index contributed by atoms with van der Waals surface area (Å²) in [4.78, 5) is 0. The Bertz CT molecular complexity index is 111. The van der Waals surface area contributed by atoms with Gasteiger partial charge in [0.1, 0.15) is 0 Å². The highest BCUT2D eigenvalue weighted by Gasteiger charge is 2.05. The molecule has 0 bridgehead atoms. The zero-order chi connectivity index (χ0) is 9.94. The molecule has 1 unspecified atom stereocenters. The van der Waals surface area contributed by atoms with Crippen molar-refractivity contribution in [3.05, 3.63) is 12.7 Å². The lowest BCUT2D eigenvalue weighted by Gasteiger charge is -2.16. The number of aliphatic hydroxyl groups is 1. The summed E-state index contributed by atoms with van der Waals surface area (Å²) in [5.74, 6) is 0. The second-order valence-electron chi connectivity index (χ2n) is 3.05. The number of unbranched alkanes of at least 4 members (excludes halogenated alkanes) is 1. The Morgan fingerprint density at radius 3 is 2.92 bits per heavy atom. The van der Waals surface area contributed by atoms with Crippen molar-refractivity contribution < 1.29 is 9.84 Å². The molecule has 0 aliphatic heterocycles. The SMILES string of the molecule is C=CCCCNC(CCO)COC. The van der Waals surface area contributed by atoms with E-state index in [0.717, 1.165) is 25.8 Å². The van der Waals surface area contributed by atoms with Crippen LogP contribution in [-0.4, -0.2) is 38.0 Å². The summed E-state index contributed by atoms with van der Waals surface area (Å²) in [6.07, 6.45) is 4.79. The van der Waals surface area contributed by atoms with Crippen LogP contribution in [0.25, 0.3) is 0 Å². The molecule has 13 heavy (non-hydrogen) atoms. The first-order valence-corrected chi connectivity index (χ1v) is 4.79. The third kappa shape index (κ3) is 7.96. The minimum Gasteiger partial charge on any atom is -0.396 e. The lowest BCUT2D eigenvalue weighted by Crippen LogP contribution is -2.34. The van der Waals surface area contributed by atoms with Gasteiger partial charge >= 0.3 is 0 Å². The van der Waals surface area contributed by atoms with Crippen molar-refractivity contribution in [3.63, 3.8) is 0 Å². The van der Waals surface area contributed by atoms with Gasteiger partial charge in [-0.2, -0.15) is 0 Å². The highest BCUT2D eigenvalue weighted by molar-refractivity contribution is 4.69. The van der Waals surface area contributed by atoms with Gasteiger partial charge in [0.25, 0.3) is 0 Å². The molecule has 0 saturated heterocycles. The average Bonchev–Trinajstić information content (AvgIpc) is 2.13. The van der Waals surface area contributed by atoms with E-state index in [0.29, 0.717) is 6.61 Å². The van der Waals surface area contributed by atoms with Gasteiger partial charge in [-0.05, 0) is 25.8 Å². The summed E-state index contributed by atoms with van der Waals surface area (Å²) in [5, 5.41) is 12.1. The lowest BCUT2D eigenvalue weighted by molar-refractivity contribution is 0.148. The van der Waals surface area contributed by atoms with Crippen LogP contribution in [0.3, 0.4) is 0 Å². The molecule has 2 N–H and O–H groups in total. The minimum atomic E-state index is 0.211. The molecule has 0 aromatic heterocycles. The first kappa shape index (κ1) is 12.6. The molecule has 3 heteroatoms. The molecule has 0 rings (SSSR count). The van der Waals surface area contributed by atoms with Gasteiger partial charge in [0, 0.05) is 19.8 Å². The maximum absolute atomic E-state index is 8.75. The molecule has 1 atom stereocenters. The predicted octanol–water partition coefficient (Wildman–Crippen LogP) is 0.940. The molecule has 78 valence electrons. The molecule has 0 spiro atoms. The predicted molar refractivity (Wildman–Crippen MR) is 54.8 cm³/mol. The van der Waals surface area contributed by atoms with Crippen LogP contribution in [0.2, 0.25) is 0 Å². The van der Waals surface area contributed by atoms with Crippen LogP contribution in [0.4, 0.5) is 0 Å². The standard InChI is InChI=1S/C10H21NO2/c1-3-4-5-7-11-10(6-8-12)9-13-2/h3,10-12H,1,4-9H2,2H3. The Balaban J connectivity index is 3.37. The zero-order valence-corrected chi connectivity index (χ0v) is 8.46. The summed E-state index contributed by atoms with van der Waals surface area (Å²) >= 11 is 0.